The molecule has 2 fully saturated rings. The average molecular weight is 532 g/mol. The average Bonchev–Trinajstić information content (AvgIpc) is 3.37. The predicted octanol–water partition coefficient (Wildman–Crippen LogP) is 2.51. The van der Waals surface area contributed by atoms with Crippen LogP contribution in [0.2, 0.25) is 0 Å². The lowest BCUT2D eigenvalue weighted by molar-refractivity contribution is -0.149. The van der Waals surface area contributed by atoms with Crippen LogP contribution in [0.1, 0.15) is 29.2 Å². The molecule has 5 rings (SSSR count). The molecule has 0 aliphatic carbocycles. The number of benzene rings is 3. The summed E-state index contributed by atoms with van der Waals surface area (Å²) < 4.78 is 18.9. The summed E-state index contributed by atoms with van der Waals surface area (Å²) in [6.45, 7) is 0.127. The number of amides is 3. The molecule has 2 aliphatic rings. The van der Waals surface area contributed by atoms with Crippen LogP contribution in [0.25, 0.3) is 0 Å². The van der Waals surface area contributed by atoms with Crippen LogP contribution in [-0.4, -0.2) is 53.0 Å². The Labute approximate surface area is 225 Å². The zero-order valence-electron chi connectivity index (χ0n) is 21.3. The Hall–Kier alpha value is -4.24. The molecule has 39 heavy (non-hydrogen) atoms. The van der Waals surface area contributed by atoms with E-state index in [0.29, 0.717) is 17.7 Å². The van der Waals surface area contributed by atoms with Crippen LogP contribution in [-0.2, 0) is 27.3 Å². The van der Waals surface area contributed by atoms with E-state index < -0.39 is 24.0 Å². The lowest BCUT2D eigenvalue weighted by atomic mass is 9.92. The molecule has 0 radical (unpaired) electrons. The van der Waals surface area contributed by atoms with Crippen LogP contribution in [0.3, 0.4) is 0 Å². The van der Waals surface area contributed by atoms with Crippen LogP contribution in [0, 0.1) is 11.7 Å². The van der Waals surface area contributed by atoms with Gasteiger partial charge in [0.05, 0.1) is 18.6 Å². The maximum absolute atomic E-state index is 13.9. The summed E-state index contributed by atoms with van der Waals surface area (Å²) in [6.07, 6.45) is 0.500. The van der Waals surface area contributed by atoms with E-state index in [9.17, 15) is 18.8 Å². The first kappa shape index (κ1) is 26.4. The predicted molar refractivity (Wildman–Crippen MR) is 141 cm³/mol. The van der Waals surface area contributed by atoms with Crippen molar-refractivity contribution in [2.24, 2.45) is 5.92 Å². The van der Waals surface area contributed by atoms with E-state index in [1.54, 1.807) is 35.2 Å². The van der Waals surface area contributed by atoms with Gasteiger partial charge in [0, 0.05) is 13.0 Å². The van der Waals surface area contributed by atoms with Gasteiger partial charge in [-0.05, 0) is 47.4 Å². The Morgan fingerprint density at radius 2 is 1.79 bits per heavy atom. The quantitative estimate of drug-likeness (QED) is 0.393. The Morgan fingerprint density at radius 1 is 1.03 bits per heavy atom. The zero-order valence-corrected chi connectivity index (χ0v) is 21.3. The number of aliphatic hydroxyl groups is 1. The molecule has 202 valence electrons. The number of hydrogen-bond acceptors (Lipinski definition) is 5. The Kier molecular flexibility index (Phi) is 7.88. The maximum Gasteiger partial charge on any atom is 0.246 e. The number of nitrogens with zero attached hydrogens (tertiary/aromatic N) is 1. The molecular formula is C30H30FN3O5. The van der Waals surface area contributed by atoms with Crippen molar-refractivity contribution in [3.05, 3.63) is 101 Å². The summed E-state index contributed by atoms with van der Waals surface area (Å²) in [6, 6.07) is 20.1. The summed E-state index contributed by atoms with van der Waals surface area (Å²) in [4.78, 5) is 42.2. The van der Waals surface area contributed by atoms with E-state index in [0.717, 1.165) is 11.1 Å². The number of aliphatic hydroxyl groups excluding tert-OH is 1. The summed E-state index contributed by atoms with van der Waals surface area (Å²) in [5.41, 5.74) is 2.31. The molecule has 0 bridgehead atoms. The molecule has 0 spiro atoms. The molecule has 0 saturated carbocycles. The van der Waals surface area contributed by atoms with Crippen LogP contribution in [0.5, 0.6) is 5.75 Å². The minimum atomic E-state index is -0.793. The third-order valence-corrected chi connectivity index (χ3v) is 7.22. The Balaban J connectivity index is 1.44. The summed E-state index contributed by atoms with van der Waals surface area (Å²) in [5.74, 6) is -1.42. The highest BCUT2D eigenvalue weighted by Crippen LogP contribution is 2.44. The fraction of sp³-hybridized carbons (Fsp3) is 0.300. The zero-order chi connectivity index (χ0) is 27.4. The molecule has 0 aromatic heterocycles. The summed E-state index contributed by atoms with van der Waals surface area (Å²) in [5, 5.41) is 14.9. The van der Waals surface area contributed by atoms with Gasteiger partial charge in [-0.15, -0.1) is 0 Å². The summed E-state index contributed by atoms with van der Waals surface area (Å²) >= 11 is 0. The number of carbonyl (C=O) groups excluding carboxylic acids is 3. The minimum Gasteiger partial charge on any atom is -0.491 e. The van der Waals surface area contributed by atoms with Crippen LogP contribution in [0.4, 0.5) is 4.39 Å². The second-order valence-electron chi connectivity index (χ2n) is 9.79. The highest BCUT2D eigenvalue weighted by molar-refractivity contribution is 5.99. The first-order valence-electron chi connectivity index (χ1n) is 13.0. The number of carbonyl (C=O) groups is 3. The second-order valence-corrected chi connectivity index (χ2v) is 9.79. The van der Waals surface area contributed by atoms with Gasteiger partial charge in [0.1, 0.15) is 30.3 Å². The van der Waals surface area contributed by atoms with E-state index in [1.807, 2.05) is 36.4 Å². The normalized spacial score (nSPS) is 22.3. The molecule has 9 heteroatoms. The van der Waals surface area contributed by atoms with Gasteiger partial charge in [0.15, 0.2) is 0 Å². The topological polar surface area (TPSA) is 108 Å². The van der Waals surface area contributed by atoms with Gasteiger partial charge >= 0.3 is 0 Å². The van der Waals surface area contributed by atoms with E-state index in [4.69, 9.17) is 9.84 Å². The number of halogens is 1. The third-order valence-electron chi connectivity index (χ3n) is 7.22. The Morgan fingerprint density at radius 3 is 2.54 bits per heavy atom. The van der Waals surface area contributed by atoms with Gasteiger partial charge < -0.3 is 25.4 Å². The van der Waals surface area contributed by atoms with E-state index in [2.05, 4.69) is 10.6 Å². The van der Waals surface area contributed by atoms with E-state index in [1.165, 1.54) is 12.1 Å². The van der Waals surface area contributed by atoms with Crippen LogP contribution >= 0.6 is 0 Å². The molecule has 2 heterocycles. The molecule has 4 atom stereocenters. The number of ether oxygens (including phenoxy) is 1. The number of fused-ring (bicyclic) bond motifs is 1. The molecule has 8 nitrogen and oxygen atoms in total. The van der Waals surface area contributed by atoms with Crippen molar-refractivity contribution < 1.29 is 28.6 Å². The molecule has 2 aliphatic heterocycles. The van der Waals surface area contributed by atoms with Gasteiger partial charge in [-0.2, -0.15) is 0 Å². The molecule has 3 aromatic rings. The van der Waals surface area contributed by atoms with E-state index in [-0.39, 0.29) is 49.7 Å². The standard InChI is InChI=1S/C30H30FN3O5/c31-22-11-9-20(10-12-22)18-32-28(36)24-17-26-29(37)33-25(15-19-5-2-1-3-6-19)30(38)34(26)27(24)21-7-4-8-23(16-21)39-14-13-35/h1-12,16,24-27,35H,13-15,17-18H2,(H,32,36)(H,33,37)/t24-,25+,26-,27-/m1/s1. The monoisotopic (exact) mass is 531 g/mol. The fourth-order valence-electron chi connectivity index (χ4n) is 5.41. The van der Waals surface area contributed by atoms with Crippen molar-refractivity contribution >= 4 is 17.7 Å². The fourth-order valence-corrected chi connectivity index (χ4v) is 5.41. The van der Waals surface area contributed by atoms with Crippen molar-refractivity contribution in [3.8, 4) is 5.75 Å². The Bertz CT molecular complexity index is 1330. The number of piperazine rings is 1. The van der Waals surface area contributed by atoms with Crippen molar-refractivity contribution in [1.82, 2.24) is 15.5 Å². The van der Waals surface area contributed by atoms with E-state index >= 15 is 0 Å². The van der Waals surface area contributed by atoms with Gasteiger partial charge in [-0.1, -0.05) is 54.6 Å². The van der Waals surface area contributed by atoms with Gasteiger partial charge in [0.2, 0.25) is 17.7 Å². The molecule has 0 unspecified atom stereocenters. The highest BCUT2D eigenvalue weighted by atomic mass is 19.1. The number of nitrogens with one attached hydrogen (secondary N) is 2. The van der Waals surface area contributed by atoms with Crippen LogP contribution in [0.15, 0.2) is 78.9 Å². The van der Waals surface area contributed by atoms with Crippen molar-refractivity contribution in [3.63, 3.8) is 0 Å². The lowest BCUT2D eigenvalue weighted by Crippen LogP contribution is -2.62. The van der Waals surface area contributed by atoms with Gasteiger partial charge in [-0.3, -0.25) is 14.4 Å². The first-order valence-corrected chi connectivity index (χ1v) is 13.0. The van der Waals surface area contributed by atoms with Crippen LogP contribution < -0.4 is 15.4 Å². The van der Waals surface area contributed by atoms with Crippen molar-refractivity contribution in [2.75, 3.05) is 13.2 Å². The summed E-state index contributed by atoms with van der Waals surface area (Å²) in [7, 11) is 0. The second kappa shape index (κ2) is 11.7. The van der Waals surface area contributed by atoms with Gasteiger partial charge in [0.25, 0.3) is 0 Å². The molecular weight excluding hydrogens is 501 g/mol. The first-order chi connectivity index (χ1) is 18.9. The van der Waals surface area contributed by atoms with Crippen molar-refractivity contribution in [2.45, 2.75) is 37.5 Å². The highest BCUT2D eigenvalue weighted by Gasteiger charge is 2.54. The number of hydrogen-bond donors (Lipinski definition) is 3. The minimum absolute atomic E-state index is 0.0997. The largest absolute Gasteiger partial charge is 0.491 e. The SMILES string of the molecule is O=C1N[C@@H](Cc2ccccc2)C(=O)N2[C@@H]1C[C@@H](C(=O)NCc1ccc(F)cc1)[C@H]2c1cccc(OCCO)c1. The molecule has 3 aromatic carbocycles. The third kappa shape index (κ3) is 5.78. The molecule has 3 amide bonds. The molecule has 3 N–H and O–H groups in total. The smallest absolute Gasteiger partial charge is 0.246 e. The molecule has 2 saturated heterocycles. The lowest BCUT2D eigenvalue weighted by Gasteiger charge is -2.38. The van der Waals surface area contributed by atoms with Crippen molar-refractivity contribution in [1.29, 1.82) is 0 Å². The van der Waals surface area contributed by atoms with Gasteiger partial charge in [-0.25, -0.2) is 4.39 Å². The number of rotatable bonds is 9. The maximum atomic E-state index is 13.9.